The number of nitrogen functional groups attached to an aromatic ring is 3. The van der Waals surface area contributed by atoms with Crippen molar-refractivity contribution in [1.29, 1.82) is 0 Å². The third-order valence-electron chi connectivity index (χ3n) is 8.31. The molecule has 9 rings (SSSR count). The number of furan rings is 2. The summed E-state index contributed by atoms with van der Waals surface area (Å²) in [6.07, 6.45) is 2.12. The quantitative estimate of drug-likeness (QED) is 0.0639. The topological polar surface area (TPSA) is 254 Å². The molecule has 53 heavy (non-hydrogen) atoms. The molecular formula is C38H34N10O5. The number of aromatic nitrogens is 7. The van der Waals surface area contributed by atoms with E-state index in [9.17, 15) is 9.90 Å². The molecule has 0 unspecified atom stereocenters. The highest BCUT2D eigenvalue weighted by Gasteiger charge is 2.13. The van der Waals surface area contributed by atoms with Gasteiger partial charge in [-0.1, -0.05) is 19.6 Å². The number of ketones is 1. The van der Waals surface area contributed by atoms with Crippen LogP contribution in [0.3, 0.4) is 0 Å². The monoisotopic (exact) mass is 710 g/mol. The minimum atomic E-state index is -0.0897. The lowest BCUT2D eigenvalue weighted by Gasteiger charge is -1.98. The minimum Gasteiger partial charge on any atom is -0.505 e. The van der Waals surface area contributed by atoms with E-state index in [0.29, 0.717) is 52.8 Å². The number of oxazole rings is 1. The zero-order chi connectivity index (χ0) is 37.2. The Hall–Kier alpha value is -7.55. The number of carbonyl (C=O) groups is 1. The van der Waals surface area contributed by atoms with Gasteiger partial charge in [0.25, 0.3) is 0 Å². The van der Waals surface area contributed by atoms with Crippen molar-refractivity contribution in [3.8, 4) is 34.1 Å². The average Bonchev–Trinajstić information content (AvgIpc) is 4.03. The van der Waals surface area contributed by atoms with E-state index in [0.717, 1.165) is 55.2 Å². The molecule has 0 aliphatic carbocycles. The molecule has 266 valence electrons. The lowest BCUT2D eigenvalue weighted by Crippen LogP contribution is -1.92. The molecule has 0 spiro atoms. The number of anilines is 3. The van der Waals surface area contributed by atoms with Crippen LogP contribution in [-0.2, 0) is 0 Å². The third-order valence-corrected chi connectivity index (χ3v) is 8.31. The van der Waals surface area contributed by atoms with Gasteiger partial charge in [0.1, 0.15) is 17.3 Å². The molecule has 6 heterocycles. The molecule has 6 aromatic heterocycles. The van der Waals surface area contributed by atoms with Crippen LogP contribution in [0.1, 0.15) is 35.4 Å². The van der Waals surface area contributed by atoms with E-state index in [4.69, 9.17) is 30.5 Å². The molecule has 0 bridgehead atoms. The van der Waals surface area contributed by atoms with Crippen molar-refractivity contribution in [1.82, 2.24) is 35.6 Å². The number of aliphatic hydroxyl groups is 1. The van der Waals surface area contributed by atoms with Crippen LogP contribution in [0.4, 0.5) is 17.5 Å². The molecule has 0 aliphatic heterocycles. The molecule has 15 nitrogen and oxygen atoms in total. The fourth-order valence-electron chi connectivity index (χ4n) is 5.50. The van der Waals surface area contributed by atoms with Crippen molar-refractivity contribution in [2.45, 2.75) is 20.3 Å². The van der Waals surface area contributed by atoms with E-state index in [1.54, 1.807) is 30.5 Å². The van der Waals surface area contributed by atoms with Crippen LogP contribution in [0.2, 0.25) is 0 Å². The van der Waals surface area contributed by atoms with Crippen LogP contribution < -0.4 is 17.2 Å². The summed E-state index contributed by atoms with van der Waals surface area (Å²) in [4.78, 5) is 15.7. The van der Waals surface area contributed by atoms with Gasteiger partial charge in [0.15, 0.2) is 40.5 Å². The molecule has 0 saturated carbocycles. The normalized spacial score (nSPS) is 11.0. The summed E-state index contributed by atoms with van der Waals surface area (Å²) < 4.78 is 16.5. The van der Waals surface area contributed by atoms with Crippen molar-refractivity contribution in [3.05, 3.63) is 109 Å². The molecule has 0 fully saturated rings. The van der Waals surface area contributed by atoms with Crippen LogP contribution in [0.5, 0.6) is 0 Å². The lowest BCUT2D eigenvalue weighted by molar-refractivity contribution is 0.0962. The minimum absolute atomic E-state index is 0.00449. The first kappa shape index (κ1) is 33.9. The van der Waals surface area contributed by atoms with Gasteiger partial charge in [-0.05, 0) is 79.7 Å². The zero-order valence-corrected chi connectivity index (χ0v) is 28.6. The van der Waals surface area contributed by atoms with E-state index in [1.165, 1.54) is 0 Å². The largest absolute Gasteiger partial charge is 0.505 e. The van der Waals surface area contributed by atoms with E-state index >= 15 is 0 Å². The van der Waals surface area contributed by atoms with Gasteiger partial charge in [0.2, 0.25) is 5.89 Å². The highest BCUT2D eigenvalue weighted by Crippen LogP contribution is 2.30. The number of nitrogens with one attached hydrogen (secondary N) is 3. The molecule has 10 N–H and O–H groups in total. The van der Waals surface area contributed by atoms with Crippen LogP contribution in [0.25, 0.3) is 72.6 Å². The Labute approximate surface area is 300 Å². The van der Waals surface area contributed by atoms with Crippen LogP contribution >= 0.6 is 0 Å². The third kappa shape index (κ3) is 6.94. The second-order valence-electron chi connectivity index (χ2n) is 11.9. The maximum absolute atomic E-state index is 11.6. The number of aliphatic hydroxyl groups excluding tert-OH is 1. The van der Waals surface area contributed by atoms with E-state index in [1.807, 2.05) is 68.4 Å². The fraction of sp³-hybridized carbons (Fsp3) is 0.0789. The fourth-order valence-corrected chi connectivity index (χ4v) is 5.50. The summed E-state index contributed by atoms with van der Waals surface area (Å²) in [5.41, 5.74) is 22.5. The zero-order valence-electron chi connectivity index (χ0n) is 28.6. The Morgan fingerprint density at radius 2 is 1.21 bits per heavy atom. The first-order valence-corrected chi connectivity index (χ1v) is 16.3. The van der Waals surface area contributed by atoms with Gasteiger partial charge in [-0.25, -0.2) is 4.98 Å². The number of hydrogen-bond donors (Lipinski definition) is 7. The summed E-state index contributed by atoms with van der Waals surface area (Å²) in [5, 5.41) is 32.2. The molecule has 3 aromatic carbocycles. The average molecular weight is 711 g/mol. The van der Waals surface area contributed by atoms with E-state index in [2.05, 4.69) is 42.2 Å². The van der Waals surface area contributed by atoms with Crippen LogP contribution in [-0.4, -0.2) is 46.5 Å². The Bertz CT molecular complexity index is 2740. The molecule has 0 aliphatic rings. The van der Waals surface area contributed by atoms with Crippen molar-refractivity contribution in [3.63, 3.8) is 0 Å². The Morgan fingerprint density at radius 1 is 0.679 bits per heavy atom. The Kier molecular flexibility index (Phi) is 8.95. The van der Waals surface area contributed by atoms with Gasteiger partial charge < -0.3 is 35.6 Å². The second kappa shape index (κ2) is 14.0. The van der Waals surface area contributed by atoms with Crippen molar-refractivity contribution >= 4 is 61.7 Å². The maximum atomic E-state index is 11.6. The van der Waals surface area contributed by atoms with Gasteiger partial charge in [0.05, 0.1) is 22.7 Å². The number of benzene rings is 3. The van der Waals surface area contributed by atoms with E-state index in [-0.39, 0.29) is 11.5 Å². The molecular weight excluding hydrogens is 676 g/mol. The summed E-state index contributed by atoms with van der Waals surface area (Å²) >= 11 is 0. The van der Waals surface area contributed by atoms with Gasteiger partial charge in [0, 0.05) is 39.3 Å². The predicted octanol–water partition coefficient (Wildman–Crippen LogP) is 8.04. The first-order valence-electron chi connectivity index (χ1n) is 16.3. The molecule has 0 radical (unpaired) electrons. The molecule has 0 amide bonds. The van der Waals surface area contributed by atoms with Gasteiger partial charge in [-0.15, -0.1) is 0 Å². The molecule has 15 heteroatoms. The predicted molar refractivity (Wildman–Crippen MR) is 203 cm³/mol. The standard InChI is InChI=1S/C14H13N3O2.C13H11N3O2.C11H10N4O/c1-2-11(18)13-6-5-12(19-13)8-3-4-10-9(7-8)14(15)17-16-10;1-7(17)11-4-5-12(18-11)8-2-3-9-10(6-8)15-16-13(9)14;1-6-5-13-11(16-6)7-2-3-9-8(4-7)10(12)15-14-9/h3-7H,2H2,1H3,(H3,15,16,17);2-6,17H,1H2,(H3,14,15,16);2-5H,1H3,(H3,12,14,15). The van der Waals surface area contributed by atoms with Crippen molar-refractivity contribution in [2.75, 3.05) is 17.2 Å². The number of fused-ring (bicyclic) bond motifs is 3. The number of nitrogens with zero attached hydrogens (tertiary/aromatic N) is 4. The maximum Gasteiger partial charge on any atom is 0.226 e. The number of nitrogens with two attached hydrogens (primary N) is 3. The Balaban J connectivity index is 0.000000124. The summed E-state index contributed by atoms with van der Waals surface area (Å²) in [5.74, 6) is 4.74. The molecule has 0 atom stereocenters. The number of Topliss-reactive ketones (excluding diaryl/α,β-unsaturated/α-hetero) is 1. The number of carbonyl (C=O) groups excluding carboxylic acids is 1. The highest BCUT2D eigenvalue weighted by molar-refractivity contribution is 5.95. The number of aromatic amines is 3. The number of aryl methyl sites for hydroxylation is 1. The summed E-state index contributed by atoms with van der Waals surface area (Å²) in [6.45, 7) is 7.09. The van der Waals surface area contributed by atoms with Crippen molar-refractivity contribution < 1.29 is 23.2 Å². The molecule has 9 aromatic rings. The van der Waals surface area contributed by atoms with Gasteiger partial charge in [-0.3, -0.25) is 20.1 Å². The summed E-state index contributed by atoms with van der Waals surface area (Å²) in [6, 6.07) is 24.0. The smallest absolute Gasteiger partial charge is 0.226 e. The number of rotatable bonds is 6. The van der Waals surface area contributed by atoms with Crippen LogP contribution in [0, 0.1) is 6.92 Å². The highest BCUT2D eigenvalue weighted by atomic mass is 16.4. The summed E-state index contributed by atoms with van der Waals surface area (Å²) in [7, 11) is 0. The van der Waals surface area contributed by atoms with Crippen LogP contribution in [0.15, 0.2) is 105 Å². The second-order valence-corrected chi connectivity index (χ2v) is 11.9. The first-order chi connectivity index (χ1) is 25.6. The Morgan fingerprint density at radius 3 is 1.79 bits per heavy atom. The van der Waals surface area contributed by atoms with E-state index < -0.39 is 0 Å². The van der Waals surface area contributed by atoms with Crippen molar-refractivity contribution in [2.24, 2.45) is 0 Å². The molecule has 0 saturated heterocycles. The number of hydrogen-bond acceptors (Lipinski definition) is 12. The van der Waals surface area contributed by atoms with Gasteiger partial charge >= 0.3 is 0 Å². The lowest BCUT2D eigenvalue weighted by atomic mass is 10.1. The SMILES string of the molecule is C=C(O)c1ccc(-c2ccc3c(N)n[nH]c3c2)o1.CCC(=O)c1ccc(-c2ccc3[nH]nc(N)c3c2)o1.Cc1cnc(-c2ccc3[nH]nc(N)c3c2)o1. The number of H-pyrrole nitrogens is 3. The van der Waals surface area contributed by atoms with Gasteiger partial charge in [-0.2, -0.15) is 15.3 Å².